The van der Waals surface area contributed by atoms with Crippen LogP contribution in [0, 0.1) is 5.92 Å². The van der Waals surface area contributed by atoms with Crippen LogP contribution in [-0.4, -0.2) is 70.2 Å². The number of ether oxygens (including phenoxy) is 3. The van der Waals surface area contributed by atoms with Gasteiger partial charge in [-0.15, -0.1) is 0 Å². The van der Waals surface area contributed by atoms with Crippen LogP contribution in [0.1, 0.15) is 25.5 Å². The molecule has 4 atom stereocenters. The molecule has 0 amide bonds. The second-order valence-corrected chi connectivity index (χ2v) is 10.1. The molecule has 0 saturated carbocycles. The minimum absolute atomic E-state index is 0.0698. The molecule has 2 fully saturated rings. The normalized spacial score (nSPS) is 30.0. The maximum atomic E-state index is 12.6. The third kappa shape index (κ3) is 4.84. The molecule has 10 heteroatoms. The van der Waals surface area contributed by atoms with Gasteiger partial charge in [-0.2, -0.15) is 4.31 Å². The minimum atomic E-state index is -3.29. The van der Waals surface area contributed by atoms with Gasteiger partial charge in [0.15, 0.2) is 11.5 Å². The zero-order valence-electron chi connectivity index (χ0n) is 16.9. The molecule has 4 rings (SSSR count). The molecule has 162 valence electrons. The van der Waals surface area contributed by atoms with Gasteiger partial charge in [0.25, 0.3) is 0 Å². The van der Waals surface area contributed by atoms with Crippen LogP contribution in [0.2, 0.25) is 0 Å². The van der Waals surface area contributed by atoms with Crippen molar-refractivity contribution in [3.8, 4) is 11.5 Å². The summed E-state index contributed by atoms with van der Waals surface area (Å²) in [5.41, 5.74) is 7.63. The van der Waals surface area contributed by atoms with Gasteiger partial charge in [-0.25, -0.2) is 13.8 Å². The molecule has 3 aliphatic rings. The first-order valence-electron chi connectivity index (χ1n) is 10.1. The molecule has 3 aliphatic heterocycles. The van der Waals surface area contributed by atoms with Crippen LogP contribution in [0.4, 0.5) is 0 Å². The van der Waals surface area contributed by atoms with E-state index in [0.717, 1.165) is 23.6 Å². The van der Waals surface area contributed by atoms with E-state index < -0.39 is 10.0 Å². The second-order valence-electron chi connectivity index (χ2n) is 7.97. The van der Waals surface area contributed by atoms with Crippen LogP contribution in [-0.2, 0) is 14.8 Å². The lowest BCUT2D eigenvalue weighted by molar-refractivity contribution is -0.0440. The van der Waals surface area contributed by atoms with E-state index in [9.17, 15) is 8.42 Å². The lowest BCUT2D eigenvalue weighted by Crippen LogP contribution is -2.49. The van der Waals surface area contributed by atoms with Crippen molar-refractivity contribution in [2.24, 2.45) is 5.92 Å². The third-order valence-electron chi connectivity index (χ3n) is 5.57. The summed E-state index contributed by atoms with van der Waals surface area (Å²) in [6.45, 7) is 6.87. The number of hydrazine groups is 1. The molecule has 3 N–H and O–H groups in total. The summed E-state index contributed by atoms with van der Waals surface area (Å²) in [4.78, 5) is 0. The van der Waals surface area contributed by atoms with Gasteiger partial charge >= 0.3 is 0 Å². The number of benzene rings is 1. The summed E-state index contributed by atoms with van der Waals surface area (Å²) in [5.74, 6) is 1.92. The van der Waals surface area contributed by atoms with Crippen molar-refractivity contribution >= 4 is 10.0 Å². The number of hydrogen-bond donors (Lipinski definition) is 3. The van der Waals surface area contributed by atoms with Gasteiger partial charge in [-0.1, -0.05) is 6.07 Å². The highest BCUT2D eigenvalue weighted by molar-refractivity contribution is 7.89. The first-order chi connectivity index (χ1) is 13.9. The topological polar surface area (TPSA) is 101 Å². The molecular formula is C19H30N4O5S. The predicted octanol–water partition coefficient (Wildman–Crippen LogP) is 0.209. The van der Waals surface area contributed by atoms with Crippen molar-refractivity contribution in [2.45, 2.75) is 32.1 Å². The van der Waals surface area contributed by atoms with Crippen molar-refractivity contribution in [3.05, 3.63) is 23.8 Å². The first-order valence-corrected chi connectivity index (χ1v) is 11.8. The second kappa shape index (κ2) is 8.75. The Kier molecular flexibility index (Phi) is 6.28. The Morgan fingerprint density at radius 1 is 1.17 bits per heavy atom. The van der Waals surface area contributed by atoms with Gasteiger partial charge in [-0.3, -0.25) is 5.43 Å². The highest BCUT2D eigenvalue weighted by Crippen LogP contribution is 2.36. The van der Waals surface area contributed by atoms with Crippen LogP contribution < -0.4 is 25.6 Å². The molecule has 0 radical (unpaired) electrons. The number of rotatable bonds is 7. The molecule has 0 aromatic heterocycles. The SMILES string of the molecule is CC1CN(S(=O)(=O)CCNCC2CNNC2c2ccc3c(c2)OCO3)CC(C)O1. The summed E-state index contributed by atoms with van der Waals surface area (Å²) in [7, 11) is -3.29. The molecular weight excluding hydrogens is 396 g/mol. The van der Waals surface area contributed by atoms with Gasteiger partial charge in [0.1, 0.15) is 0 Å². The smallest absolute Gasteiger partial charge is 0.231 e. The molecule has 2 saturated heterocycles. The number of fused-ring (bicyclic) bond motifs is 1. The van der Waals surface area contributed by atoms with E-state index in [0.29, 0.717) is 32.1 Å². The molecule has 1 aromatic rings. The Balaban J connectivity index is 1.28. The third-order valence-corrected chi connectivity index (χ3v) is 7.38. The average Bonchev–Trinajstić information content (AvgIpc) is 3.33. The maximum Gasteiger partial charge on any atom is 0.231 e. The fourth-order valence-corrected chi connectivity index (χ4v) is 5.70. The first kappa shape index (κ1) is 20.8. The van der Waals surface area contributed by atoms with E-state index in [1.54, 1.807) is 4.31 Å². The molecule has 0 aliphatic carbocycles. The summed E-state index contributed by atoms with van der Waals surface area (Å²) in [6, 6.07) is 6.09. The Hall–Kier alpha value is -1.43. The Morgan fingerprint density at radius 2 is 1.93 bits per heavy atom. The van der Waals surface area contributed by atoms with E-state index in [-0.39, 0.29) is 30.8 Å². The molecule has 1 aromatic carbocycles. The molecule has 0 spiro atoms. The molecule has 3 heterocycles. The summed E-state index contributed by atoms with van der Waals surface area (Å²) >= 11 is 0. The van der Waals surface area contributed by atoms with E-state index in [2.05, 4.69) is 16.2 Å². The van der Waals surface area contributed by atoms with Crippen molar-refractivity contribution in [3.63, 3.8) is 0 Å². The van der Waals surface area contributed by atoms with Crippen LogP contribution in [0.15, 0.2) is 18.2 Å². The van der Waals surface area contributed by atoms with Crippen molar-refractivity contribution in [1.82, 2.24) is 20.5 Å². The Labute approximate surface area is 172 Å². The lowest BCUT2D eigenvalue weighted by Gasteiger charge is -2.34. The summed E-state index contributed by atoms with van der Waals surface area (Å²) < 4.78 is 43.3. The quantitative estimate of drug-likeness (QED) is 0.532. The monoisotopic (exact) mass is 426 g/mol. The molecule has 0 bridgehead atoms. The number of hydrogen-bond acceptors (Lipinski definition) is 8. The number of sulfonamides is 1. The zero-order valence-corrected chi connectivity index (χ0v) is 17.7. The van der Waals surface area contributed by atoms with Crippen LogP contribution in [0.5, 0.6) is 11.5 Å². The van der Waals surface area contributed by atoms with Crippen LogP contribution in [0.3, 0.4) is 0 Å². The molecule has 29 heavy (non-hydrogen) atoms. The average molecular weight is 427 g/mol. The van der Waals surface area contributed by atoms with E-state index >= 15 is 0 Å². The molecule has 9 nitrogen and oxygen atoms in total. The fourth-order valence-electron chi connectivity index (χ4n) is 4.16. The summed E-state index contributed by atoms with van der Waals surface area (Å²) in [5, 5.41) is 3.32. The van der Waals surface area contributed by atoms with E-state index in [4.69, 9.17) is 14.2 Å². The standard InChI is InChI=1S/C19H30N4O5S/c1-13-10-23(11-14(2)28-13)29(24,25)6-5-20-8-16-9-21-22-19(16)15-3-4-17-18(7-15)27-12-26-17/h3-4,7,13-14,16,19-22H,5-6,8-12H2,1-2H3. The highest BCUT2D eigenvalue weighted by Gasteiger charge is 2.32. The lowest BCUT2D eigenvalue weighted by atomic mass is 9.94. The van der Waals surface area contributed by atoms with Crippen molar-refractivity contribution in [1.29, 1.82) is 0 Å². The maximum absolute atomic E-state index is 12.6. The van der Waals surface area contributed by atoms with Gasteiger partial charge < -0.3 is 19.5 Å². The Morgan fingerprint density at radius 3 is 2.72 bits per heavy atom. The largest absolute Gasteiger partial charge is 0.454 e. The summed E-state index contributed by atoms with van der Waals surface area (Å²) in [6.07, 6.45) is -0.140. The van der Waals surface area contributed by atoms with Gasteiger partial charge in [0, 0.05) is 38.6 Å². The van der Waals surface area contributed by atoms with Crippen LogP contribution >= 0.6 is 0 Å². The van der Waals surface area contributed by atoms with Gasteiger partial charge in [-0.05, 0) is 31.5 Å². The number of nitrogens with one attached hydrogen (secondary N) is 3. The van der Waals surface area contributed by atoms with E-state index in [1.807, 2.05) is 32.0 Å². The predicted molar refractivity (Wildman–Crippen MR) is 108 cm³/mol. The van der Waals surface area contributed by atoms with Gasteiger partial charge in [0.2, 0.25) is 16.8 Å². The van der Waals surface area contributed by atoms with Crippen molar-refractivity contribution in [2.75, 3.05) is 45.3 Å². The van der Waals surface area contributed by atoms with Crippen molar-refractivity contribution < 1.29 is 22.6 Å². The van der Waals surface area contributed by atoms with Crippen LogP contribution in [0.25, 0.3) is 0 Å². The fraction of sp³-hybridized carbons (Fsp3) is 0.684. The number of nitrogens with zero attached hydrogens (tertiary/aromatic N) is 1. The van der Waals surface area contributed by atoms with Gasteiger partial charge in [0.05, 0.1) is 24.0 Å². The number of morpholine rings is 1. The molecule has 4 unspecified atom stereocenters. The van der Waals surface area contributed by atoms with E-state index in [1.165, 1.54) is 0 Å². The Bertz CT molecular complexity index is 811. The zero-order chi connectivity index (χ0) is 20.4. The highest BCUT2D eigenvalue weighted by atomic mass is 32.2. The minimum Gasteiger partial charge on any atom is -0.454 e.